The Kier molecular flexibility index (Phi) is 5.91. The van der Waals surface area contributed by atoms with E-state index >= 15 is 0 Å². The Morgan fingerprint density at radius 3 is 2.45 bits per heavy atom. The molecule has 0 radical (unpaired) electrons. The standard InChI is InChI=1S/C24H30N2O4S/c27-31(28,14-11-18-5-2-1-3-6-18)25-23-19-9-10-20(23)16-26(15-19)17-21-7-4-8-22-24(21)30-13-12-29-22/h1-8,19-20,23,25H,9-17H2/t19-,20+,23?. The molecule has 2 fully saturated rings. The Balaban J connectivity index is 1.20. The molecule has 1 unspecified atom stereocenters. The lowest BCUT2D eigenvalue weighted by Gasteiger charge is -2.38. The number of benzene rings is 2. The van der Waals surface area contributed by atoms with Crippen molar-refractivity contribution in [3.63, 3.8) is 0 Å². The van der Waals surface area contributed by atoms with E-state index in [1.807, 2.05) is 42.5 Å². The van der Waals surface area contributed by atoms with E-state index < -0.39 is 10.0 Å². The summed E-state index contributed by atoms with van der Waals surface area (Å²) in [4.78, 5) is 2.45. The largest absolute Gasteiger partial charge is 0.486 e. The highest BCUT2D eigenvalue weighted by molar-refractivity contribution is 7.89. The van der Waals surface area contributed by atoms with Crippen molar-refractivity contribution in [3.8, 4) is 11.5 Å². The second kappa shape index (κ2) is 8.81. The van der Waals surface area contributed by atoms with Gasteiger partial charge in [-0.05, 0) is 42.7 Å². The number of aryl methyl sites for hydroxylation is 1. The van der Waals surface area contributed by atoms with Crippen molar-refractivity contribution in [2.24, 2.45) is 11.8 Å². The Morgan fingerprint density at radius 2 is 1.68 bits per heavy atom. The highest BCUT2D eigenvalue weighted by Gasteiger charge is 2.43. The average Bonchev–Trinajstić information content (AvgIpc) is 3.00. The molecule has 0 spiro atoms. The summed E-state index contributed by atoms with van der Waals surface area (Å²) in [5.41, 5.74) is 2.21. The summed E-state index contributed by atoms with van der Waals surface area (Å²) in [5, 5.41) is 0. The van der Waals surface area contributed by atoms with Gasteiger partial charge in [0.25, 0.3) is 0 Å². The number of hydrogen-bond donors (Lipinski definition) is 1. The van der Waals surface area contributed by atoms with Crippen LogP contribution in [0.3, 0.4) is 0 Å². The van der Waals surface area contributed by atoms with Crippen LogP contribution in [0.1, 0.15) is 24.0 Å². The van der Waals surface area contributed by atoms with Crippen molar-refractivity contribution >= 4 is 10.0 Å². The summed E-state index contributed by atoms with van der Waals surface area (Å²) >= 11 is 0. The number of nitrogens with one attached hydrogen (secondary N) is 1. The third kappa shape index (κ3) is 4.73. The molecular weight excluding hydrogens is 412 g/mol. The molecule has 2 bridgehead atoms. The van der Waals surface area contributed by atoms with E-state index in [1.54, 1.807) is 0 Å². The maximum absolute atomic E-state index is 12.8. The molecule has 3 atom stereocenters. The van der Waals surface area contributed by atoms with Gasteiger partial charge in [-0.1, -0.05) is 42.5 Å². The molecule has 2 aromatic rings. The van der Waals surface area contributed by atoms with Crippen LogP contribution in [0.25, 0.3) is 0 Å². The van der Waals surface area contributed by atoms with Crippen LogP contribution in [-0.4, -0.2) is 51.4 Å². The average molecular weight is 443 g/mol. The van der Waals surface area contributed by atoms with Crippen LogP contribution in [0, 0.1) is 11.8 Å². The molecule has 2 heterocycles. The minimum Gasteiger partial charge on any atom is -0.486 e. The summed E-state index contributed by atoms with van der Waals surface area (Å²) in [5.74, 6) is 2.56. The van der Waals surface area contributed by atoms with Gasteiger partial charge < -0.3 is 9.47 Å². The first-order chi connectivity index (χ1) is 15.1. The van der Waals surface area contributed by atoms with Gasteiger partial charge >= 0.3 is 0 Å². The smallest absolute Gasteiger partial charge is 0.212 e. The predicted octanol–water partition coefficient (Wildman–Crippen LogP) is 2.83. The molecule has 1 N–H and O–H groups in total. The van der Waals surface area contributed by atoms with Crippen LogP contribution in [0.5, 0.6) is 11.5 Å². The van der Waals surface area contributed by atoms with E-state index in [-0.39, 0.29) is 11.8 Å². The first-order valence-corrected chi connectivity index (χ1v) is 12.9. The van der Waals surface area contributed by atoms with Gasteiger partial charge in [-0.25, -0.2) is 13.1 Å². The first-order valence-electron chi connectivity index (χ1n) is 11.2. The fourth-order valence-corrected chi connectivity index (χ4v) is 6.73. The molecule has 1 aliphatic carbocycles. The van der Waals surface area contributed by atoms with Gasteiger partial charge in [-0.15, -0.1) is 0 Å². The van der Waals surface area contributed by atoms with Gasteiger partial charge in [0.05, 0.1) is 5.75 Å². The van der Waals surface area contributed by atoms with Crippen LogP contribution >= 0.6 is 0 Å². The lowest BCUT2D eigenvalue weighted by atomic mass is 9.92. The molecule has 2 aliphatic heterocycles. The lowest BCUT2D eigenvalue weighted by molar-refractivity contribution is 0.128. The summed E-state index contributed by atoms with van der Waals surface area (Å²) < 4.78 is 40.2. The maximum Gasteiger partial charge on any atom is 0.212 e. The number of ether oxygens (including phenoxy) is 2. The molecule has 1 saturated heterocycles. The minimum atomic E-state index is -3.30. The van der Waals surface area contributed by atoms with E-state index in [2.05, 4.69) is 15.7 Å². The van der Waals surface area contributed by atoms with Gasteiger partial charge in [0.15, 0.2) is 11.5 Å². The third-order valence-electron chi connectivity index (χ3n) is 6.77. The molecule has 0 aromatic heterocycles. The number of hydrogen-bond acceptors (Lipinski definition) is 5. The molecule has 2 aromatic carbocycles. The van der Waals surface area contributed by atoms with Crippen molar-refractivity contribution in [3.05, 3.63) is 59.7 Å². The molecule has 31 heavy (non-hydrogen) atoms. The zero-order valence-corrected chi connectivity index (χ0v) is 18.5. The summed E-state index contributed by atoms with van der Waals surface area (Å²) in [6.07, 6.45) is 2.71. The van der Waals surface area contributed by atoms with Crippen LogP contribution in [0.15, 0.2) is 48.5 Å². The van der Waals surface area contributed by atoms with E-state index in [9.17, 15) is 8.42 Å². The van der Waals surface area contributed by atoms with Crippen molar-refractivity contribution in [1.82, 2.24) is 9.62 Å². The van der Waals surface area contributed by atoms with Crippen LogP contribution < -0.4 is 14.2 Å². The molecule has 5 rings (SSSR count). The summed E-state index contributed by atoms with van der Waals surface area (Å²) in [6.45, 7) is 3.81. The topological polar surface area (TPSA) is 67.9 Å². The SMILES string of the molecule is O=S(=O)(CCc1ccccc1)NC1[C@@H]2CC[C@H]1CN(Cc1cccc3c1OCCO3)C2. The molecule has 166 valence electrons. The second-order valence-corrected chi connectivity index (χ2v) is 10.8. The number of sulfonamides is 1. The van der Waals surface area contributed by atoms with Crippen molar-refractivity contribution in [1.29, 1.82) is 0 Å². The summed E-state index contributed by atoms with van der Waals surface area (Å²) in [7, 11) is -3.30. The van der Waals surface area contributed by atoms with Crippen LogP contribution in [0.2, 0.25) is 0 Å². The fraction of sp³-hybridized carbons (Fsp3) is 0.500. The van der Waals surface area contributed by atoms with E-state index in [0.29, 0.717) is 31.5 Å². The normalized spacial score (nSPS) is 25.5. The number of likely N-dealkylation sites (tertiary alicyclic amines) is 1. The molecule has 7 heteroatoms. The number of para-hydroxylation sites is 1. The van der Waals surface area contributed by atoms with Crippen LogP contribution in [-0.2, 0) is 23.0 Å². The monoisotopic (exact) mass is 442 g/mol. The van der Waals surface area contributed by atoms with Gasteiger partial charge in [0, 0.05) is 31.2 Å². The molecule has 6 nitrogen and oxygen atoms in total. The van der Waals surface area contributed by atoms with Crippen LogP contribution in [0.4, 0.5) is 0 Å². The highest BCUT2D eigenvalue weighted by Crippen LogP contribution is 2.40. The van der Waals surface area contributed by atoms with E-state index in [0.717, 1.165) is 55.1 Å². The number of rotatable bonds is 7. The molecule has 1 saturated carbocycles. The zero-order valence-electron chi connectivity index (χ0n) is 17.7. The third-order valence-corrected chi connectivity index (χ3v) is 8.14. The zero-order chi connectivity index (χ0) is 21.3. The highest BCUT2D eigenvalue weighted by atomic mass is 32.2. The van der Waals surface area contributed by atoms with Gasteiger partial charge in [-0.3, -0.25) is 4.90 Å². The molecular formula is C24H30N2O4S. The fourth-order valence-electron chi connectivity index (χ4n) is 5.30. The number of piperidine rings is 1. The first kappa shape index (κ1) is 20.8. The summed E-state index contributed by atoms with van der Waals surface area (Å²) in [6, 6.07) is 16.0. The number of fused-ring (bicyclic) bond motifs is 3. The Morgan fingerprint density at radius 1 is 0.935 bits per heavy atom. The Hall–Kier alpha value is -2.09. The quantitative estimate of drug-likeness (QED) is 0.714. The molecule has 3 aliphatic rings. The van der Waals surface area contributed by atoms with Gasteiger partial charge in [0.2, 0.25) is 10.0 Å². The van der Waals surface area contributed by atoms with E-state index in [4.69, 9.17) is 9.47 Å². The van der Waals surface area contributed by atoms with Gasteiger partial charge in [0.1, 0.15) is 13.2 Å². The lowest BCUT2D eigenvalue weighted by Crippen LogP contribution is -2.52. The minimum absolute atomic E-state index is 0.0568. The van der Waals surface area contributed by atoms with E-state index in [1.165, 1.54) is 0 Å². The van der Waals surface area contributed by atoms with Crippen molar-refractivity contribution < 1.29 is 17.9 Å². The maximum atomic E-state index is 12.8. The van der Waals surface area contributed by atoms with Crippen molar-refractivity contribution in [2.45, 2.75) is 31.8 Å². The predicted molar refractivity (Wildman–Crippen MR) is 120 cm³/mol. The Labute approximate surface area is 184 Å². The van der Waals surface area contributed by atoms with Gasteiger partial charge in [-0.2, -0.15) is 0 Å². The Bertz CT molecular complexity index is 997. The molecule has 0 amide bonds. The number of nitrogens with zero attached hydrogens (tertiary/aromatic N) is 1. The second-order valence-electron chi connectivity index (χ2n) is 8.93. The van der Waals surface area contributed by atoms with Crippen molar-refractivity contribution in [2.75, 3.05) is 32.1 Å².